The van der Waals surface area contributed by atoms with Gasteiger partial charge in [0.15, 0.2) is 0 Å². The zero-order valence-electron chi connectivity index (χ0n) is 8.09. The van der Waals surface area contributed by atoms with E-state index in [4.69, 9.17) is 4.74 Å². The molecule has 1 heterocycles. The zero-order valence-corrected chi connectivity index (χ0v) is 11.3. The molecule has 0 spiro atoms. The normalized spacial score (nSPS) is 9.80. The Balaban J connectivity index is 2.51. The summed E-state index contributed by atoms with van der Waals surface area (Å²) >= 11 is 6.58. The average Bonchev–Trinajstić information content (AvgIpc) is 2.20. The minimum atomic E-state index is -0.293. The molecule has 15 heavy (non-hydrogen) atoms. The van der Waals surface area contributed by atoms with Crippen LogP contribution in [-0.2, 0) is 9.53 Å². The van der Waals surface area contributed by atoms with Crippen LogP contribution in [0.25, 0.3) is 0 Å². The lowest BCUT2D eigenvalue weighted by Gasteiger charge is -2.05. The van der Waals surface area contributed by atoms with E-state index in [1.165, 1.54) is 0 Å². The summed E-state index contributed by atoms with van der Waals surface area (Å²) in [4.78, 5) is 15.2. The minimum absolute atomic E-state index is 0.120. The smallest absolute Gasteiger partial charge is 0.325 e. The largest absolute Gasteiger partial charge is 0.465 e. The Hall–Kier alpha value is -0.620. The first-order valence-electron chi connectivity index (χ1n) is 4.35. The number of anilines is 1. The summed E-state index contributed by atoms with van der Waals surface area (Å²) in [6, 6.07) is 3.61. The molecule has 1 rings (SSSR count). The molecular weight excluding hydrogens is 328 g/mol. The van der Waals surface area contributed by atoms with Gasteiger partial charge in [0.2, 0.25) is 0 Å². The highest BCUT2D eigenvalue weighted by atomic mass is 79.9. The quantitative estimate of drug-likeness (QED) is 0.677. The first-order valence-corrected chi connectivity index (χ1v) is 5.93. The van der Waals surface area contributed by atoms with Crippen LogP contribution >= 0.6 is 31.9 Å². The lowest BCUT2D eigenvalue weighted by Crippen LogP contribution is -2.17. The molecule has 0 aromatic carbocycles. The van der Waals surface area contributed by atoms with Crippen molar-refractivity contribution in [3.63, 3.8) is 0 Å². The summed E-state index contributed by atoms with van der Waals surface area (Å²) in [5.41, 5.74) is 0. The number of carbonyl (C=O) groups excluding carboxylic acids is 1. The van der Waals surface area contributed by atoms with Crippen molar-refractivity contribution in [3.05, 3.63) is 21.2 Å². The van der Waals surface area contributed by atoms with Crippen LogP contribution in [0.5, 0.6) is 0 Å². The number of hydrogen-bond donors (Lipinski definition) is 1. The molecule has 1 aromatic heterocycles. The Morgan fingerprint density at radius 2 is 2.27 bits per heavy atom. The van der Waals surface area contributed by atoms with Crippen LogP contribution in [0.3, 0.4) is 0 Å². The predicted octanol–water partition coefficient (Wildman–Crippen LogP) is 2.58. The third-order valence-corrected chi connectivity index (χ3v) is 3.30. The second-order valence-corrected chi connectivity index (χ2v) is 4.23. The number of aromatic nitrogens is 1. The van der Waals surface area contributed by atoms with Crippen LogP contribution < -0.4 is 5.32 Å². The molecule has 0 saturated heterocycles. The molecule has 0 amide bonds. The van der Waals surface area contributed by atoms with Gasteiger partial charge in [-0.15, -0.1) is 0 Å². The van der Waals surface area contributed by atoms with Crippen LogP contribution in [-0.4, -0.2) is 24.1 Å². The van der Waals surface area contributed by atoms with Crippen LogP contribution in [0, 0.1) is 0 Å². The van der Waals surface area contributed by atoms with Crippen molar-refractivity contribution < 1.29 is 9.53 Å². The summed E-state index contributed by atoms with van der Waals surface area (Å²) in [5.74, 6) is 0.330. The van der Waals surface area contributed by atoms with Gasteiger partial charge >= 0.3 is 5.97 Å². The number of ether oxygens (including phenoxy) is 1. The van der Waals surface area contributed by atoms with E-state index in [-0.39, 0.29) is 12.5 Å². The van der Waals surface area contributed by atoms with Gasteiger partial charge in [-0.3, -0.25) is 4.79 Å². The number of halogens is 2. The SMILES string of the molecule is CCOC(=O)CNc1ccc(Br)c(Br)n1. The highest BCUT2D eigenvalue weighted by Crippen LogP contribution is 2.22. The standard InChI is InChI=1S/C9H10Br2N2O2/c1-2-15-8(14)5-12-7-4-3-6(10)9(11)13-7/h3-4H,2,5H2,1H3,(H,12,13). The Morgan fingerprint density at radius 1 is 1.53 bits per heavy atom. The fourth-order valence-corrected chi connectivity index (χ4v) is 1.43. The first-order chi connectivity index (χ1) is 7.13. The molecule has 0 aliphatic heterocycles. The number of nitrogens with one attached hydrogen (secondary N) is 1. The molecule has 6 heteroatoms. The first kappa shape index (κ1) is 12.4. The molecule has 1 aromatic rings. The van der Waals surface area contributed by atoms with Crippen LogP contribution in [0.15, 0.2) is 21.2 Å². The minimum Gasteiger partial charge on any atom is -0.465 e. The van der Waals surface area contributed by atoms with Crippen molar-refractivity contribution in [2.45, 2.75) is 6.92 Å². The average molecular weight is 338 g/mol. The van der Waals surface area contributed by atoms with Crippen LogP contribution in [0.1, 0.15) is 6.92 Å². The van der Waals surface area contributed by atoms with Gasteiger partial charge in [0.25, 0.3) is 0 Å². The fraction of sp³-hybridized carbons (Fsp3) is 0.333. The Labute approximate surface area is 105 Å². The molecule has 0 radical (unpaired) electrons. The van der Waals surface area contributed by atoms with E-state index >= 15 is 0 Å². The molecule has 0 bridgehead atoms. The number of nitrogens with zero attached hydrogens (tertiary/aromatic N) is 1. The van der Waals surface area contributed by atoms with Gasteiger partial charge < -0.3 is 10.1 Å². The summed E-state index contributed by atoms with van der Waals surface area (Å²) < 4.78 is 6.32. The molecule has 82 valence electrons. The second-order valence-electron chi connectivity index (χ2n) is 2.63. The number of rotatable bonds is 4. The number of esters is 1. The Morgan fingerprint density at radius 3 is 2.87 bits per heavy atom. The fourth-order valence-electron chi connectivity index (χ4n) is 0.890. The highest BCUT2D eigenvalue weighted by Gasteiger charge is 2.03. The van der Waals surface area contributed by atoms with Crippen LogP contribution in [0.2, 0.25) is 0 Å². The van der Waals surface area contributed by atoms with E-state index in [1.807, 2.05) is 6.07 Å². The summed E-state index contributed by atoms with van der Waals surface area (Å²) in [6.45, 7) is 2.28. The van der Waals surface area contributed by atoms with Crippen molar-refractivity contribution in [2.24, 2.45) is 0 Å². The summed E-state index contributed by atoms with van der Waals surface area (Å²) in [6.07, 6.45) is 0. The van der Waals surface area contributed by atoms with Crippen molar-refractivity contribution >= 4 is 43.6 Å². The summed E-state index contributed by atoms with van der Waals surface area (Å²) in [5, 5.41) is 2.86. The van der Waals surface area contributed by atoms with E-state index < -0.39 is 0 Å². The van der Waals surface area contributed by atoms with E-state index in [0.717, 1.165) is 4.47 Å². The molecule has 0 atom stereocenters. The summed E-state index contributed by atoms with van der Waals surface area (Å²) in [7, 11) is 0. The van der Waals surface area contributed by atoms with Gasteiger partial charge in [0.1, 0.15) is 17.0 Å². The third-order valence-electron chi connectivity index (χ3n) is 1.52. The molecule has 0 aliphatic rings. The third kappa shape index (κ3) is 4.17. The zero-order chi connectivity index (χ0) is 11.3. The van der Waals surface area contributed by atoms with Gasteiger partial charge in [-0.25, -0.2) is 4.98 Å². The van der Waals surface area contributed by atoms with E-state index in [1.54, 1.807) is 13.0 Å². The molecule has 0 aliphatic carbocycles. The van der Waals surface area contributed by atoms with Crippen molar-refractivity contribution in [1.82, 2.24) is 4.98 Å². The van der Waals surface area contributed by atoms with E-state index in [2.05, 4.69) is 42.2 Å². The topological polar surface area (TPSA) is 51.2 Å². The van der Waals surface area contributed by atoms with Crippen molar-refractivity contribution in [2.75, 3.05) is 18.5 Å². The Bertz CT molecular complexity index is 358. The molecular formula is C9H10Br2N2O2. The molecule has 1 N–H and O–H groups in total. The van der Waals surface area contributed by atoms with E-state index in [9.17, 15) is 4.79 Å². The highest BCUT2D eigenvalue weighted by molar-refractivity contribution is 9.13. The maximum Gasteiger partial charge on any atom is 0.325 e. The maximum absolute atomic E-state index is 11.0. The molecule has 0 saturated carbocycles. The second kappa shape index (κ2) is 6.07. The van der Waals surface area contributed by atoms with Gasteiger partial charge in [-0.1, -0.05) is 0 Å². The predicted molar refractivity (Wildman–Crippen MR) is 64.8 cm³/mol. The molecule has 0 unspecified atom stereocenters. The van der Waals surface area contributed by atoms with Crippen molar-refractivity contribution in [1.29, 1.82) is 0 Å². The number of pyridine rings is 1. The number of carbonyl (C=O) groups is 1. The monoisotopic (exact) mass is 336 g/mol. The molecule has 0 fully saturated rings. The van der Waals surface area contributed by atoms with E-state index in [0.29, 0.717) is 17.0 Å². The Kier molecular flexibility index (Phi) is 5.04. The van der Waals surface area contributed by atoms with Gasteiger partial charge in [0.05, 0.1) is 11.1 Å². The lowest BCUT2D eigenvalue weighted by molar-refractivity contribution is -0.140. The van der Waals surface area contributed by atoms with Crippen molar-refractivity contribution in [3.8, 4) is 0 Å². The van der Waals surface area contributed by atoms with Crippen LogP contribution in [0.4, 0.5) is 5.82 Å². The maximum atomic E-state index is 11.0. The van der Waals surface area contributed by atoms with Gasteiger partial charge in [0, 0.05) is 0 Å². The van der Waals surface area contributed by atoms with Gasteiger partial charge in [-0.2, -0.15) is 0 Å². The number of hydrogen-bond acceptors (Lipinski definition) is 4. The van der Waals surface area contributed by atoms with Gasteiger partial charge in [-0.05, 0) is 50.9 Å². The molecule has 4 nitrogen and oxygen atoms in total. The lowest BCUT2D eigenvalue weighted by atomic mass is 10.4.